The average molecular weight is 399 g/mol. The highest BCUT2D eigenvalue weighted by molar-refractivity contribution is 7.21. The predicted octanol–water partition coefficient (Wildman–Crippen LogP) is 3.35. The van der Waals surface area contributed by atoms with Gasteiger partial charge in [0.15, 0.2) is 0 Å². The summed E-state index contributed by atoms with van der Waals surface area (Å²) in [6, 6.07) is 8.31. The summed E-state index contributed by atoms with van der Waals surface area (Å²) in [4.78, 5) is 16.0. The maximum Gasteiger partial charge on any atom is 0.261 e. The number of carbonyl (C=O) groups excluding carboxylic acids is 1. The van der Waals surface area contributed by atoms with Crippen molar-refractivity contribution in [2.45, 2.75) is 32.5 Å². The summed E-state index contributed by atoms with van der Waals surface area (Å²) in [6.45, 7) is 7.09. The summed E-state index contributed by atoms with van der Waals surface area (Å²) in [6.07, 6.45) is 3.84. The number of amides is 1. The van der Waals surface area contributed by atoms with Gasteiger partial charge in [0.05, 0.1) is 23.8 Å². The summed E-state index contributed by atoms with van der Waals surface area (Å²) < 4.78 is 9.12. The van der Waals surface area contributed by atoms with Crippen LogP contribution in [0.2, 0.25) is 0 Å². The van der Waals surface area contributed by atoms with Crippen LogP contribution in [-0.2, 0) is 18.3 Å². The highest BCUT2D eigenvalue weighted by Crippen LogP contribution is 2.38. The molecular weight excluding hydrogens is 372 g/mol. The lowest BCUT2D eigenvalue weighted by Crippen LogP contribution is -2.38. The van der Waals surface area contributed by atoms with Crippen LogP contribution in [0, 0.1) is 0 Å². The molecule has 6 nitrogen and oxygen atoms in total. The number of aromatic nitrogens is 2. The lowest BCUT2D eigenvalue weighted by molar-refractivity contribution is -0.0323. The summed E-state index contributed by atoms with van der Waals surface area (Å²) in [5, 5.41) is 8.43. The van der Waals surface area contributed by atoms with Gasteiger partial charge in [0, 0.05) is 54.7 Å². The van der Waals surface area contributed by atoms with Gasteiger partial charge in [0.1, 0.15) is 0 Å². The topological polar surface area (TPSA) is 59.4 Å². The highest BCUT2D eigenvalue weighted by atomic mass is 32.1. The van der Waals surface area contributed by atoms with Crippen molar-refractivity contribution in [3.63, 3.8) is 0 Å². The second-order valence-corrected chi connectivity index (χ2v) is 8.64. The number of aryl methyl sites for hydroxylation is 1. The first-order valence-electron chi connectivity index (χ1n) is 9.65. The number of nitrogens with one attached hydrogen (secondary N) is 1. The highest BCUT2D eigenvalue weighted by Gasteiger charge is 2.30. The number of hydrogen-bond donors (Lipinski definition) is 1. The van der Waals surface area contributed by atoms with E-state index in [9.17, 15) is 4.79 Å². The molecule has 1 N–H and O–H groups in total. The first-order chi connectivity index (χ1) is 13.5. The lowest BCUT2D eigenvalue weighted by Gasteiger charge is -2.33. The maximum absolute atomic E-state index is 12.9. The van der Waals surface area contributed by atoms with Gasteiger partial charge in [-0.1, -0.05) is 18.2 Å². The van der Waals surface area contributed by atoms with E-state index >= 15 is 0 Å². The number of thiophene rings is 1. The predicted molar refractivity (Wildman–Crippen MR) is 112 cm³/mol. The Morgan fingerprint density at radius 2 is 2.21 bits per heavy atom. The molecule has 3 heterocycles. The molecule has 1 atom stereocenters. The van der Waals surface area contributed by atoms with Crippen molar-refractivity contribution in [1.82, 2.24) is 20.0 Å². The van der Waals surface area contributed by atoms with Crippen molar-refractivity contribution in [3.8, 4) is 0 Å². The van der Waals surface area contributed by atoms with Gasteiger partial charge in [-0.15, -0.1) is 11.3 Å². The number of morpholine rings is 1. The van der Waals surface area contributed by atoms with Crippen LogP contribution in [0.25, 0.3) is 10.1 Å². The van der Waals surface area contributed by atoms with Crippen LogP contribution in [-0.4, -0.2) is 46.3 Å². The van der Waals surface area contributed by atoms with Crippen LogP contribution < -0.4 is 5.32 Å². The third-order valence-corrected chi connectivity index (χ3v) is 6.08. The molecule has 1 aliphatic heterocycles. The van der Waals surface area contributed by atoms with Gasteiger partial charge >= 0.3 is 0 Å². The molecule has 2 aromatic heterocycles. The van der Waals surface area contributed by atoms with E-state index in [4.69, 9.17) is 4.74 Å². The van der Waals surface area contributed by atoms with Crippen molar-refractivity contribution in [3.05, 3.63) is 52.7 Å². The standard InChI is InChI=1S/C21H26N4O2S/c1-14(2)23-21(26)20-19(16-6-4-5-7-18(16)28-20)17-13-25(8-9-27-17)12-15-10-22-24(3)11-15/h4-7,10-11,14,17H,8-9,12-13H2,1-3H3,(H,23,26)/t17-/m0/s1. The molecule has 1 saturated heterocycles. The van der Waals surface area contributed by atoms with Gasteiger partial charge < -0.3 is 10.1 Å². The molecule has 7 heteroatoms. The minimum atomic E-state index is -0.116. The van der Waals surface area contributed by atoms with Crippen molar-refractivity contribution in [2.24, 2.45) is 7.05 Å². The first-order valence-corrected chi connectivity index (χ1v) is 10.5. The molecule has 4 rings (SSSR count). The molecular formula is C21H26N4O2S. The monoisotopic (exact) mass is 398 g/mol. The Morgan fingerprint density at radius 3 is 2.96 bits per heavy atom. The molecule has 3 aromatic rings. The van der Waals surface area contributed by atoms with Crippen molar-refractivity contribution in [1.29, 1.82) is 0 Å². The molecule has 0 aliphatic carbocycles. The third-order valence-electron chi connectivity index (χ3n) is 4.90. The Bertz CT molecular complexity index is 978. The van der Waals surface area contributed by atoms with Crippen LogP contribution in [0.1, 0.15) is 40.8 Å². The number of hydrogen-bond acceptors (Lipinski definition) is 5. The van der Waals surface area contributed by atoms with Crippen LogP contribution in [0.4, 0.5) is 0 Å². The lowest BCUT2D eigenvalue weighted by atomic mass is 10.0. The second-order valence-electron chi connectivity index (χ2n) is 7.59. The molecule has 1 aromatic carbocycles. The summed E-state index contributed by atoms with van der Waals surface area (Å²) in [5.41, 5.74) is 2.21. The quantitative estimate of drug-likeness (QED) is 0.716. The van der Waals surface area contributed by atoms with E-state index in [0.717, 1.165) is 40.2 Å². The number of nitrogens with zero attached hydrogens (tertiary/aromatic N) is 3. The Kier molecular flexibility index (Phi) is 5.48. The molecule has 0 saturated carbocycles. The Labute approximate surface area is 169 Å². The summed E-state index contributed by atoms with van der Waals surface area (Å²) in [7, 11) is 1.93. The fourth-order valence-electron chi connectivity index (χ4n) is 3.71. The zero-order valence-corrected chi connectivity index (χ0v) is 17.3. The van der Waals surface area contributed by atoms with Gasteiger partial charge in [0.2, 0.25) is 0 Å². The van der Waals surface area contributed by atoms with E-state index in [1.807, 2.05) is 50.1 Å². The summed E-state index contributed by atoms with van der Waals surface area (Å²) >= 11 is 1.55. The van der Waals surface area contributed by atoms with E-state index in [2.05, 4.69) is 27.4 Å². The van der Waals surface area contributed by atoms with E-state index in [-0.39, 0.29) is 18.1 Å². The Hall–Kier alpha value is -2.22. The van der Waals surface area contributed by atoms with E-state index in [1.54, 1.807) is 11.3 Å². The number of rotatable bonds is 5. The third kappa shape index (κ3) is 3.97. The molecule has 148 valence electrons. The number of ether oxygens (including phenoxy) is 1. The normalized spacial score (nSPS) is 18.1. The van der Waals surface area contributed by atoms with Gasteiger partial charge in [0.25, 0.3) is 5.91 Å². The zero-order valence-electron chi connectivity index (χ0n) is 16.5. The SMILES string of the molecule is CC(C)NC(=O)c1sc2ccccc2c1[C@@H]1CN(Cc2cnn(C)c2)CCO1. The molecule has 28 heavy (non-hydrogen) atoms. The Morgan fingerprint density at radius 1 is 1.39 bits per heavy atom. The minimum Gasteiger partial charge on any atom is -0.371 e. The van der Waals surface area contributed by atoms with Crippen LogP contribution in [0.15, 0.2) is 36.7 Å². The zero-order chi connectivity index (χ0) is 19.7. The van der Waals surface area contributed by atoms with Crippen molar-refractivity contribution >= 4 is 27.3 Å². The van der Waals surface area contributed by atoms with E-state index in [1.165, 1.54) is 5.56 Å². The molecule has 0 unspecified atom stereocenters. The molecule has 0 spiro atoms. The summed E-state index contributed by atoms with van der Waals surface area (Å²) in [5.74, 6) is -0.0146. The fraction of sp³-hybridized carbons (Fsp3) is 0.429. The van der Waals surface area contributed by atoms with Gasteiger partial charge in [-0.2, -0.15) is 5.10 Å². The van der Waals surface area contributed by atoms with E-state index in [0.29, 0.717) is 6.61 Å². The number of carbonyl (C=O) groups is 1. The van der Waals surface area contributed by atoms with Crippen LogP contribution in [0.3, 0.4) is 0 Å². The molecule has 1 aliphatic rings. The van der Waals surface area contributed by atoms with Crippen LogP contribution in [0.5, 0.6) is 0 Å². The minimum absolute atomic E-state index is 0.0146. The van der Waals surface area contributed by atoms with Crippen LogP contribution >= 0.6 is 11.3 Å². The number of benzene rings is 1. The first kappa shape index (κ1) is 19.1. The molecule has 0 radical (unpaired) electrons. The largest absolute Gasteiger partial charge is 0.371 e. The van der Waals surface area contributed by atoms with Crippen molar-refractivity contribution in [2.75, 3.05) is 19.7 Å². The van der Waals surface area contributed by atoms with Gasteiger partial charge in [-0.05, 0) is 25.3 Å². The molecule has 1 amide bonds. The fourth-order valence-corrected chi connectivity index (χ4v) is 4.87. The Balaban J connectivity index is 1.64. The number of fused-ring (bicyclic) bond motifs is 1. The van der Waals surface area contributed by atoms with Gasteiger partial charge in [-0.25, -0.2) is 0 Å². The molecule has 0 bridgehead atoms. The smallest absolute Gasteiger partial charge is 0.261 e. The average Bonchev–Trinajstić information content (AvgIpc) is 3.24. The van der Waals surface area contributed by atoms with Crippen molar-refractivity contribution < 1.29 is 9.53 Å². The molecule has 1 fully saturated rings. The van der Waals surface area contributed by atoms with E-state index < -0.39 is 0 Å². The van der Waals surface area contributed by atoms with Gasteiger partial charge in [-0.3, -0.25) is 14.4 Å². The maximum atomic E-state index is 12.9. The second kappa shape index (κ2) is 8.03.